The van der Waals surface area contributed by atoms with Crippen molar-refractivity contribution in [3.8, 4) is 0 Å². The highest BCUT2D eigenvalue weighted by atomic mass is 16.0. The topological polar surface area (TPSA) is 33.9 Å². The molecule has 0 saturated carbocycles. The molecule has 0 bridgehead atoms. The van der Waals surface area contributed by atoms with E-state index in [1.165, 1.54) is 12.0 Å². The Labute approximate surface area is 67.8 Å². The van der Waals surface area contributed by atoms with Crippen molar-refractivity contribution in [2.45, 2.75) is 26.8 Å². The molecule has 11 heavy (non-hydrogen) atoms. The van der Waals surface area contributed by atoms with E-state index in [-0.39, 0.29) is 5.48 Å². The predicted molar refractivity (Wildman–Crippen MR) is 43.6 cm³/mol. The normalized spacial score (nSPS) is 8.91. The molecule has 1 aromatic heterocycles. The standard InChI is InChI=1S/C9H14N.H2O/c1-3-6-10-7-4-5-9(2)8-10;/h4-5,7-8H,3,6H2,1-2H3;1H2/q+1;/p-1. The molecule has 2 heteroatoms. The summed E-state index contributed by atoms with van der Waals surface area (Å²) in [7, 11) is 0. The average Bonchev–Trinajstić information content (AvgIpc) is 1.88. The van der Waals surface area contributed by atoms with E-state index in [0.717, 1.165) is 6.54 Å². The number of pyridine rings is 1. The van der Waals surface area contributed by atoms with Gasteiger partial charge in [-0.25, -0.2) is 4.57 Å². The van der Waals surface area contributed by atoms with Gasteiger partial charge >= 0.3 is 0 Å². The third-order valence-electron chi connectivity index (χ3n) is 1.49. The quantitative estimate of drug-likeness (QED) is 0.593. The van der Waals surface area contributed by atoms with Gasteiger partial charge in [0.2, 0.25) is 0 Å². The van der Waals surface area contributed by atoms with E-state index in [1.54, 1.807) is 0 Å². The molecule has 0 saturated heterocycles. The third kappa shape index (κ3) is 3.14. The lowest BCUT2D eigenvalue weighted by molar-refractivity contribution is -0.697. The Kier molecular flexibility index (Phi) is 4.46. The van der Waals surface area contributed by atoms with Crippen molar-refractivity contribution in [3.05, 3.63) is 30.1 Å². The fourth-order valence-electron chi connectivity index (χ4n) is 1.05. The molecule has 0 fully saturated rings. The first kappa shape index (κ1) is 10.1. The average molecular weight is 153 g/mol. The van der Waals surface area contributed by atoms with Gasteiger partial charge in [-0.1, -0.05) is 6.92 Å². The molecule has 0 aliphatic rings. The number of nitrogens with zero attached hydrogens (tertiary/aromatic N) is 1. The minimum absolute atomic E-state index is 0. The monoisotopic (exact) mass is 153 g/mol. The van der Waals surface area contributed by atoms with Crippen molar-refractivity contribution in [2.24, 2.45) is 0 Å². The first-order chi connectivity index (χ1) is 4.83. The van der Waals surface area contributed by atoms with Crippen molar-refractivity contribution >= 4 is 0 Å². The van der Waals surface area contributed by atoms with Gasteiger partial charge < -0.3 is 5.48 Å². The second-order valence-electron chi connectivity index (χ2n) is 2.62. The lowest BCUT2D eigenvalue weighted by Gasteiger charge is -1.92. The van der Waals surface area contributed by atoms with Crippen LogP contribution in [0.25, 0.3) is 0 Å². The van der Waals surface area contributed by atoms with Crippen LogP contribution < -0.4 is 4.57 Å². The number of aryl methyl sites for hydroxylation is 2. The van der Waals surface area contributed by atoms with Crippen LogP contribution in [-0.4, -0.2) is 5.48 Å². The maximum atomic E-state index is 2.22. The van der Waals surface area contributed by atoms with Crippen LogP contribution in [0, 0.1) is 6.92 Å². The molecule has 0 aliphatic carbocycles. The molecule has 1 rings (SSSR count). The summed E-state index contributed by atoms with van der Waals surface area (Å²) in [4.78, 5) is 0. The van der Waals surface area contributed by atoms with Crippen molar-refractivity contribution < 1.29 is 10.0 Å². The lowest BCUT2D eigenvalue weighted by atomic mass is 10.3. The van der Waals surface area contributed by atoms with Crippen LogP contribution in [0.15, 0.2) is 24.5 Å². The van der Waals surface area contributed by atoms with E-state index < -0.39 is 0 Å². The van der Waals surface area contributed by atoms with Gasteiger partial charge in [0.05, 0.1) is 0 Å². The molecule has 1 N–H and O–H groups in total. The zero-order valence-electron chi connectivity index (χ0n) is 7.12. The molecular weight excluding hydrogens is 138 g/mol. The summed E-state index contributed by atoms with van der Waals surface area (Å²) in [5, 5.41) is 0. The van der Waals surface area contributed by atoms with Crippen LogP contribution >= 0.6 is 0 Å². The van der Waals surface area contributed by atoms with Gasteiger partial charge in [0, 0.05) is 18.1 Å². The minimum atomic E-state index is 0. The molecule has 0 atom stereocenters. The van der Waals surface area contributed by atoms with E-state index in [9.17, 15) is 0 Å². The molecule has 0 aliphatic heterocycles. The molecule has 1 heterocycles. The fraction of sp³-hybridized carbons (Fsp3) is 0.444. The minimum Gasteiger partial charge on any atom is -0.870 e. The molecule has 0 radical (unpaired) electrons. The van der Waals surface area contributed by atoms with Gasteiger partial charge in [0.1, 0.15) is 6.54 Å². The summed E-state index contributed by atoms with van der Waals surface area (Å²) < 4.78 is 2.22. The third-order valence-corrected chi connectivity index (χ3v) is 1.49. The Morgan fingerprint density at radius 3 is 2.73 bits per heavy atom. The van der Waals surface area contributed by atoms with E-state index in [2.05, 4.69) is 42.9 Å². The van der Waals surface area contributed by atoms with Crippen molar-refractivity contribution in [3.63, 3.8) is 0 Å². The van der Waals surface area contributed by atoms with Crippen molar-refractivity contribution in [1.29, 1.82) is 0 Å². The van der Waals surface area contributed by atoms with Gasteiger partial charge in [-0.2, -0.15) is 0 Å². The van der Waals surface area contributed by atoms with E-state index in [1.807, 2.05) is 0 Å². The zero-order chi connectivity index (χ0) is 7.40. The van der Waals surface area contributed by atoms with E-state index in [0.29, 0.717) is 0 Å². The molecule has 2 nitrogen and oxygen atoms in total. The highest BCUT2D eigenvalue weighted by Gasteiger charge is 1.95. The maximum absolute atomic E-state index is 2.22. The Balaban J connectivity index is 0.000001000. The zero-order valence-corrected chi connectivity index (χ0v) is 7.12. The summed E-state index contributed by atoms with van der Waals surface area (Å²) in [5.41, 5.74) is 1.33. The first-order valence-electron chi connectivity index (χ1n) is 3.78. The van der Waals surface area contributed by atoms with Gasteiger partial charge in [-0.3, -0.25) is 0 Å². The Morgan fingerprint density at radius 2 is 2.18 bits per heavy atom. The molecule has 1 aromatic rings. The van der Waals surface area contributed by atoms with Gasteiger partial charge in [-0.05, 0) is 13.0 Å². The van der Waals surface area contributed by atoms with Crippen LogP contribution in [0.1, 0.15) is 18.9 Å². The second kappa shape index (κ2) is 4.85. The highest BCUT2D eigenvalue weighted by molar-refractivity contribution is 5.01. The largest absolute Gasteiger partial charge is 0.870 e. The van der Waals surface area contributed by atoms with Gasteiger partial charge in [0.25, 0.3) is 0 Å². The summed E-state index contributed by atoms with van der Waals surface area (Å²) in [5.74, 6) is 0. The Morgan fingerprint density at radius 1 is 1.45 bits per heavy atom. The van der Waals surface area contributed by atoms with E-state index in [4.69, 9.17) is 0 Å². The van der Waals surface area contributed by atoms with Crippen LogP contribution in [0.2, 0.25) is 0 Å². The molecule has 62 valence electrons. The maximum Gasteiger partial charge on any atom is 0.171 e. The number of aromatic nitrogens is 1. The predicted octanol–water partition coefficient (Wildman–Crippen LogP) is 1.52. The Hall–Kier alpha value is -0.890. The highest BCUT2D eigenvalue weighted by Crippen LogP contribution is 1.89. The van der Waals surface area contributed by atoms with Crippen LogP contribution in [0.5, 0.6) is 0 Å². The summed E-state index contributed by atoms with van der Waals surface area (Å²) >= 11 is 0. The summed E-state index contributed by atoms with van der Waals surface area (Å²) in [6, 6.07) is 4.21. The van der Waals surface area contributed by atoms with Crippen LogP contribution in [0.4, 0.5) is 0 Å². The smallest absolute Gasteiger partial charge is 0.171 e. The lowest BCUT2D eigenvalue weighted by Crippen LogP contribution is -2.32. The molecule has 0 aromatic carbocycles. The number of rotatable bonds is 2. The van der Waals surface area contributed by atoms with Crippen molar-refractivity contribution in [2.75, 3.05) is 0 Å². The molecule has 0 spiro atoms. The SMILES string of the molecule is CCC[n+]1cccc(C)c1.[OH-]. The summed E-state index contributed by atoms with van der Waals surface area (Å²) in [6.45, 7) is 5.43. The Bertz CT molecular complexity index is 210. The first-order valence-corrected chi connectivity index (χ1v) is 3.78. The second-order valence-corrected chi connectivity index (χ2v) is 2.62. The van der Waals surface area contributed by atoms with Gasteiger partial charge in [0.15, 0.2) is 12.4 Å². The van der Waals surface area contributed by atoms with Crippen LogP contribution in [0.3, 0.4) is 0 Å². The number of hydrogen-bond donors (Lipinski definition) is 0. The van der Waals surface area contributed by atoms with Crippen molar-refractivity contribution in [1.82, 2.24) is 0 Å². The number of hydrogen-bond acceptors (Lipinski definition) is 1. The van der Waals surface area contributed by atoms with Gasteiger partial charge in [-0.15, -0.1) is 0 Å². The fourth-order valence-corrected chi connectivity index (χ4v) is 1.05. The van der Waals surface area contributed by atoms with E-state index >= 15 is 0 Å². The molecule has 0 amide bonds. The molecule has 0 unspecified atom stereocenters. The summed E-state index contributed by atoms with van der Waals surface area (Å²) in [6.07, 6.45) is 5.48. The van der Waals surface area contributed by atoms with Crippen LogP contribution in [-0.2, 0) is 6.54 Å². The molecular formula is C9H15NO.